The van der Waals surface area contributed by atoms with Crippen LogP contribution in [0.2, 0.25) is 0 Å². The molecule has 0 unspecified atom stereocenters. The molecule has 0 spiro atoms. The minimum atomic E-state index is -0.101. The van der Waals surface area contributed by atoms with Crippen molar-refractivity contribution in [1.82, 2.24) is 5.32 Å². The van der Waals surface area contributed by atoms with E-state index in [9.17, 15) is 4.79 Å². The average molecular weight is 200 g/mol. The van der Waals surface area contributed by atoms with Crippen molar-refractivity contribution in [2.45, 2.75) is 19.8 Å². The van der Waals surface area contributed by atoms with Gasteiger partial charge in [-0.25, -0.2) is 0 Å². The third kappa shape index (κ3) is 8.83. The maximum absolute atomic E-state index is 11.0. The van der Waals surface area contributed by atoms with Crippen molar-refractivity contribution in [2.24, 2.45) is 5.11 Å². The molecule has 0 rings (SSSR count). The van der Waals surface area contributed by atoms with Crippen molar-refractivity contribution >= 4 is 5.91 Å². The van der Waals surface area contributed by atoms with Gasteiger partial charge in [-0.1, -0.05) is 5.11 Å². The van der Waals surface area contributed by atoms with Gasteiger partial charge in [-0.3, -0.25) is 4.79 Å². The van der Waals surface area contributed by atoms with Crippen LogP contribution in [0.1, 0.15) is 19.8 Å². The van der Waals surface area contributed by atoms with Gasteiger partial charge in [0, 0.05) is 24.6 Å². The lowest BCUT2D eigenvalue weighted by Crippen LogP contribution is -2.28. The number of unbranched alkanes of at least 4 members (excludes halogenated alkanes) is 1. The van der Waals surface area contributed by atoms with Crippen LogP contribution in [0.5, 0.6) is 0 Å². The lowest BCUT2D eigenvalue weighted by atomic mass is 10.3. The molecule has 0 saturated carbocycles. The van der Waals surface area contributed by atoms with Crippen LogP contribution in [0.25, 0.3) is 10.4 Å². The molecule has 0 aromatic heterocycles. The van der Waals surface area contributed by atoms with Crippen molar-refractivity contribution in [3.8, 4) is 0 Å². The highest BCUT2D eigenvalue weighted by Gasteiger charge is 1.98. The van der Waals surface area contributed by atoms with E-state index in [1.165, 1.54) is 0 Å². The van der Waals surface area contributed by atoms with Crippen LogP contribution >= 0.6 is 0 Å². The van der Waals surface area contributed by atoms with Crippen LogP contribution in [0, 0.1) is 0 Å². The lowest BCUT2D eigenvalue weighted by molar-refractivity contribution is -0.125. The van der Waals surface area contributed by atoms with E-state index in [4.69, 9.17) is 10.3 Å². The Balaban J connectivity index is 3.18. The van der Waals surface area contributed by atoms with Crippen molar-refractivity contribution in [1.29, 1.82) is 0 Å². The molecule has 0 aliphatic heterocycles. The Morgan fingerprint density at radius 3 is 3.00 bits per heavy atom. The number of carbonyl (C=O) groups is 1. The second-order valence-corrected chi connectivity index (χ2v) is 2.65. The molecule has 0 aromatic rings. The normalized spacial score (nSPS) is 9.21. The van der Waals surface area contributed by atoms with Gasteiger partial charge in [-0.05, 0) is 25.3 Å². The molecule has 1 N–H and O–H groups in total. The third-order valence-electron chi connectivity index (χ3n) is 1.51. The summed E-state index contributed by atoms with van der Waals surface area (Å²) in [5.74, 6) is -0.101. The molecule has 14 heavy (non-hydrogen) atoms. The molecule has 1 amide bonds. The zero-order chi connectivity index (χ0) is 10.6. The molecule has 0 bridgehead atoms. The first-order valence-corrected chi connectivity index (χ1v) is 4.66. The molecule has 0 aliphatic rings. The highest BCUT2D eigenvalue weighted by molar-refractivity contribution is 5.77. The van der Waals surface area contributed by atoms with Crippen molar-refractivity contribution in [2.75, 3.05) is 26.3 Å². The topological polar surface area (TPSA) is 87.1 Å². The Bertz CT molecular complexity index is 202. The number of rotatable bonds is 8. The van der Waals surface area contributed by atoms with Crippen LogP contribution in [-0.4, -0.2) is 32.2 Å². The SMILES string of the molecule is CCOCC(=O)NCCCCN=[N+]=[N-]. The smallest absolute Gasteiger partial charge is 0.245 e. The quantitative estimate of drug-likeness (QED) is 0.276. The summed E-state index contributed by atoms with van der Waals surface area (Å²) in [6.45, 7) is 3.59. The number of azide groups is 1. The van der Waals surface area contributed by atoms with Gasteiger partial charge in [-0.15, -0.1) is 0 Å². The number of hydrogen-bond acceptors (Lipinski definition) is 3. The Morgan fingerprint density at radius 1 is 1.57 bits per heavy atom. The molecule has 80 valence electrons. The van der Waals surface area contributed by atoms with Crippen LogP contribution in [0.4, 0.5) is 0 Å². The zero-order valence-electron chi connectivity index (χ0n) is 8.40. The van der Waals surface area contributed by atoms with E-state index in [1.807, 2.05) is 6.92 Å². The standard InChI is InChI=1S/C8H16N4O2/c1-2-14-7-8(13)10-5-3-4-6-11-12-9/h2-7H2,1H3,(H,10,13). The first kappa shape index (κ1) is 12.7. The third-order valence-corrected chi connectivity index (χ3v) is 1.51. The Morgan fingerprint density at radius 2 is 2.36 bits per heavy atom. The number of hydrogen-bond donors (Lipinski definition) is 1. The molecule has 0 heterocycles. The number of ether oxygens (including phenoxy) is 1. The fourth-order valence-corrected chi connectivity index (χ4v) is 0.826. The fourth-order valence-electron chi connectivity index (χ4n) is 0.826. The van der Waals surface area contributed by atoms with E-state index in [2.05, 4.69) is 15.3 Å². The first-order valence-electron chi connectivity index (χ1n) is 4.66. The summed E-state index contributed by atoms with van der Waals surface area (Å²) in [6, 6.07) is 0. The van der Waals surface area contributed by atoms with Gasteiger partial charge < -0.3 is 10.1 Å². The summed E-state index contributed by atoms with van der Waals surface area (Å²) in [5.41, 5.74) is 7.98. The molecule has 6 heteroatoms. The summed E-state index contributed by atoms with van der Waals surface area (Å²) in [4.78, 5) is 13.6. The van der Waals surface area contributed by atoms with Crippen LogP contribution in [-0.2, 0) is 9.53 Å². The number of nitrogens with zero attached hydrogens (tertiary/aromatic N) is 3. The van der Waals surface area contributed by atoms with E-state index < -0.39 is 0 Å². The molecule has 0 fully saturated rings. The van der Waals surface area contributed by atoms with E-state index in [1.54, 1.807) is 0 Å². The predicted octanol–water partition coefficient (Wildman–Crippen LogP) is 1.23. The monoisotopic (exact) mass is 200 g/mol. The molecule has 0 atom stereocenters. The van der Waals surface area contributed by atoms with Gasteiger partial charge in [0.15, 0.2) is 0 Å². The molecule has 0 aliphatic carbocycles. The van der Waals surface area contributed by atoms with Crippen LogP contribution in [0.15, 0.2) is 5.11 Å². The van der Waals surface area contributed by atoms with E-state index in [0.717, 1.165) is 12.8 Å². The minimum absolute atomic E-state index is 0.101. The number of amides is 1. The van der Waals surface area contributed by atoms with E-state index in [-0.39, 0.29) is 12.5 Å². The first-order chi connectivity index (χ1) is 6.81. The van der Waals surface area contributed by atoms with Crippen LogP contribution < -0.4 is 5.32 Å². The van der Waals surface area contributed by atoms with Crippen molar-refractivity contribution in [3.05, 3.63) is 10.4 Å². The van der Waals surface area contributed by atoms with E-state index >= 15 is 0 Å². The lowest BCUT2D eigenvalue weighted by Gasteiger charge is -2.03. The summed E-state index contributed by atoms with van der Waals surface area (Å²) in [5, 5.41) is 6.08. The van der Waals surface area contributed by atoms with Gasteiger partial charge >= 0.3 is 0 Å². The summed E-state index contributed by atoms with van der Waals surface area (Å²) < 4.78 is 4.91. The predicted molar refractivity (Wildman–Crippen MR) is 52.7 cm³/mol. The van der Waals surface area contributed by atoms with Gasteiger partial charge in [0.2, 0.25) is 5.91 Å². The second kappa shape index (κ2) is 9.83. The van der Waals surface area contributed by atoms with Gasteiger partial charge in [0.1, 0.15) is 6.61 Å². The highest BCUT2D eigenvalue weighted by atomic mass is 16.5. The molecule has 6 nitrogen and oxygen atoms in total. The van der Waals surface area contributed by atoms with E-state index in [0.29, 0.717) is 19.7 Å². The number of carbonyl (C=O) groups excluding carboxylic acids is 1. The molecule has 0 radical (unpaired) electrons. The average Bonchev–Trinajstić information content (AvgIpc) is 2.20. The molecular formula is C8H16N4O2. The Hall–Kier alpha value is -1.26. The highest BCUT2D eigenvalue weighted by Crippen LogP contribution is 1.88. The molecular weight excluding hydrogens is 184 g/mol. The minimum Gasteiger partial charge on any atom is -0.372 e. The Kier molecular flexibility index (Phi) is 8.94. The van der Waals surface area contributed by atoms with Crippen LogP contribution in [0.3, 0.4) is 0 Å². The van der Waals surface area contributed by atoms with Gasteiger partial charge in [0.05, 0.1) is 0 Å². The summed E-state index contributed by atoms with van der Waals surface area (Å²) in [6.07, 6.45) is 1.61. The molecule has 0 saturated heterocycles. The van der Waals surface area contributed by atoms with Crippen molar-refractivity contribution in [3.63, 3.8) is 0 Å². The zero-order valence-corrected chi connectivity index (χ0v) is 8.40. The van der Waals surface area contributed by atoms with Gasteiger partial charge in [-0.2, -0.15) is 0 Å². The second-order valence-electron chi connectivity index (χ2n) is 2.65. The fraction of sp³-hybridized carbons (Fsp3) is 0.875. The maximum atomic E-state index is 11.0. The molecule has 0 aromatic carbocycles. The maximum Gasteiger partial charge on any atom is 0.245 e. The summed E-state index contributed by atoms with van der Waals surface area (Å²) >= 11 is 0. The number of nitrogens with one attached hydrogen (secondary N) is 1. The summed E-state index contributed by atoms with van der Waals surface area (Å²) in [7, 11) is 0. The van der Waals surface area contributed by atoms with Crippen molar-refractivity contribution < 1.29 is 9.53 Å². The Labute approximate surface area is 83.3 Å². The van der Waals surface area contributed by atoms with Gasteiger partial charge in [0.25, 0.3) is 0 Å². The largest absolute Gasteiger partial charge is 0.372 e.